The van der Waals surface area contributed by atoms with E-state index in [1.54, 1.807) is 18.2 Å². The van der Waals surface area contributed by atoms with Gasteiger partial charge in [-0.15, -0.1) is 0 Å². The van der Waals surface area contributed by atoms with Gasteiger partial charge in [-0.25, -0.2) is 9.59 Å². The molecule has 10 heteroatoms. The van der Waals surface area contributed by atoms with Crippen LogP contribution in [0.1, 0.15) is 33.2 Å². The van der Waals surface area contributed by atoms with E-state index in [1.165, 1.54) is 45.7 Å². The average Bonchev–Trinajstić information content (AvgIpc) is 2.81. The highest BCUT2D eigenvalue weighted by molar-refractivity contribution is 5.99. The topological polar surface area (TPSA) is 122 Å². The minimum atomic E-state index is -0.669. The van der Waals surface area contributed by atoms with Crippen LogP contribution in [0.15, 0.2) is 41.6 Å². The van der Waals surface area contributed by atoms with Gasteiger partial charge in [0.25, 0.3) is 5.91 Å². The van der Waals surface area contributed by atoms with Crippen molar-refractivity contribution in [2.24, 2.45) is 5.16 Å². The molecule has 0 bridgehead atoms. The number of oxime groups is 1. The maximum Gasteiger partial charge on any atom is 0.337 e. The summed E-state index contributed by atoms with van der Waals surface area (Å²) in [5.74, 6) is -0.742. The lowest BCUT2D eigenvalue weighted by Gasteiger charge is -2.09. The highest BCUT2D eigenvalue weighted by atomic mass is 16.6. The number of hydrogen-bond acceptors (Lipinski definition) is 9. The van der Waals surface area contributed by atoms with Gasteiger partial charge in [0, 0.05) is 11.3 Å². The molecule has 0 fully saturated rings. The molecule has 0 aliphatic carbocycles. The van der Waals surface area contributed by atoms with Crippen molar-refractivity contribution in [3.05, 3.63) is 53.1 Å². The molecule has 0 saturated heterocycles. The summed E-state index contributed by atoms with van der Waals surface area (Å²) in [6.07, 6.45) is 1.42. The zero-order valence-electron chi connectivity index (χ0n) is 18.2. The highest BCUT2D eigenvalue weighted by Crippen LogP contribution is 2.27. The van der Waals surface area contributed by atoms with Crippen LogP contribution in [0.25, 0.3) is 0 Å². The molecule has 0 aromatic heterocycles. The predicted octanol–water partition coefficient (Wildman–Crippen LogP) is 2.66. The van der Waals surface area contributed by atoms with Gasteiger partial charge in [-0.2, -0.15) is 0 Å². The molecule has 0 heterocycles. The van der Waals surface area contributed by atoms with E-state index in [-0.39, 0.29) is 16.8 Å². The number of amides is 1. The Morgan fingerprint density at radius 1 is 0.938 bits per heavy atom. The predicted molar refractivity (Wildman–Crippen MR) is 115 cm³/mol. The fourth-order valence-corrected chi connectivity index (χ4v) is 2.60. The molecule has 170 valence electrons. The van der Waals surface area contributed by atoms with Crippen molar-refractivity contribution in [1.29, 1.82) is 0 Å². The van der Waals surface area contributed by atoms with E-state index in [9.17, 15) is 14.4 Å². The van der Waals surface area contributed by atoms with E-state index < -0.39 is 24.5 Å². The Bertz CT molecular complexity index is 969. The first-order chi connectivity index (χ1) is 15.4. The fraction of sp³-hybridized carbons (Fsp3) is 0.273. The molecule has 0 saturated carbocycles. The van der Waals surface area contributed by atoms with Crippen molar-refractivity contribution in [3.8, 4) is 11.5 Å². The maximum atomic E-state index is 12.2. The zero-order valence-corrected chi connectivity index (χ0v) is 18.2. The Hall–Kier alpha value is -4.08. The molecule has 0 aliphatic rings. The normalized spacial score (nSPS) is 10.4. The molecule has 2 aromatic rings. The minimum absolute atomic E-state index is 0.0779. The number of benzene rings is 2. The number of hydrogen-bond donors (Lipinski definition) is 1. The average molecular weight is 444 g/mol. The lowest BCUT2D eigenvalue weighted by Crippen LogP contribution is -2.18. The third-order valence-corrected chi connectivity index (χ3v) is 4.02. The summed E-state index contributed by atoms with van der Waals surface area (Å²) in [6, 6.07) is 9.25. The summed E-state index contributed by atoms with van der Waals surface area (Å²) in [4.78, 5) is 40.8. The van der Waals surface area contributed by atoms with Crippen LogP contribution in [-0.4, -0.2) is 58.6 Å². The van der Waals surface area contributed by atoms with Crippen LogP contribution in [0.5, 0.6) is 11.5 Å². The Morgan fingerprint density at radius 2 is 1.59 bits per heavy atom. The monoisotopic (exact) mass is 444 g/mol. The smallest absolute Gasteiger partial charge is 0.337 e. The van der Waals surface area contributed by atoms with Crippen LogP contribution in [-0.2, 0) is 19.1 Å². The largest absolute Gasteiger partial charge is 0.493 e. The van der Waals surface area contributed by atoms with Crippen molar-refractivity contribution in [1.82, 2.24) is 0 Å². The van der Waals surface area contributed by atoms with Crippen LogP contribution in [0, 0.1) is 0 Å². The van der Waals surface area contributed by atoms with E-state index >= 15 is 0 Å². The summed E-state index contributed by atoms with van der Waals surface area (Å²) in [7, 11) is 3.94. The zero-order chi connectivity index (χ0) is 23.5. The van der Waals surface area contributed by atoms with Gasteiger partial charge in [0.05, 0.1) is 45.3 Å². The molecule has 0 unspecified atom stereocenters. The van der Waals surface area contributed by atoms with Crippen LogP contribution in [0.2, 0.25) is 0 Å². The number of carbonyl (C=O) groups is 3. The van der Waals surface area contributed by atoms with E-state index in [0.717, 1.165) is 0 Å². The Balaban J connectivity index is 2.01. The van der Waals surface area contributed by atoms with Gasteiger partial charge in [0.1, 0.15) is 0 Å². The summed E-state index contributed by atoms with van der Waals surface area (Å²) in [5.41, 5.74) is 1.03. The molecular formula is C22H24N2O8. The van der Waals surface area contributed by atoms with E-state index in [4.69, 9.17) is 14.3 Å². The second kappa shape index (κ2) is 11.9. The quantitative estimate of drug-likeness (QED) is 0.337. The molecule has 2 aromatic carbocycles. The van der Waals surface area contributed by atoms with Crippen molar-refractivity contribution < 1.29 is 38.2 Å². The first-order valence-corrected chi connectivity index (χ1v) is 9.49. The van der Waals surface area contributed by atoms with Gasteiger partial charge in [-0.05, 0) is 43.3 Å². The van der Waals surface area contributed by atoms with Gasteiger partial charge < -0.3 is 29.1 Å². The number of ether oxygens (including phenoxy) is 4. The van der Waals surface area contributed by atoms with Gasteiger partial charge in [0.15, 0.2) is 18.1 Å². The molecule has 0 radical (unpaired) electrons. The first-order valence-electron chi connectivity index (χ1n) is 9.49. The lowest BCUT2D eigenvalue weighted by atomic mass is 10.1. The van der Waals surface area contributed by atoms with Crippen LogP contribution in [0.3, 0.4) is 0 Å². The first kappa shape index (κ1) is 24.2. The fourth-order valence-electron chi connectivity index (χ4n) is 2.60. The molecule has 0 aliphatic heterocycles. The van der Waals surface area contributed by atoms with Gasteiger partial charge in [-0.3, -0.25) is 4.79 Å². The van der Waals surface area contributed by atoms with E-state index in [0.29, 0.717) is 23.7 Å². The number of nitrogens with zero attached hydrogens (tertiary/aromatic N) is 1. The lowest BCUT2D eigenvalue weighted by molar-refractivity contribution is -0.120. The Morgan fingerprint density at radius 3 is 2.16 bits per heavy atom. The summed E-state index contributed by atoms with van der Waals surface area (Å²) in [5, 5.41) is 6.29. The van der Waals surface area contributed by atoms with E-state index in [1.807, 2.05) is 6.92 Å². The van der Waals surface area contributed by atoms with Crippen LogP contribution in [0.4, 0.5) is 5.69 Å². The van der Waals surface area contributed by atoms with Crippen LogP contribution < -0.4 is 14.8 Å². The summed E-state index contributed by atoms with van der Waals surface area (Å²) >= 11 is 0. The van der Waals surface area contributed by atoms with Gasteiger partial charge >= 0.3 is 11.9 Å². The number of carbonyl (C=O) groups excluding carboxylic acids is 3. The molecule has 1 N–H and O–H groups in total. The van der Waals surface area contributed by atoms with Gasteiger partial charge in [0.2, 0.25) is 0 Å². The number of anilines is 1. The standard InChI is InChI=1S/C22H24N2O8/c1-5-31-18-7-6-14(8-19(18)28-2)12-23-32-13-20(25)24-17-10-15(21(26)29-3)9-16(11-17)22(27)30-4/h6-12H,5,13H2,1-4H3,(H,24,25)/b23-12+. The Labute approximate surface area is 185 Å². The van der Waals surface area contributed by atoms with Gasteiger partial charge in [-0.1, -0.05) is 5.16 Å². The molecule has 32 heavy (non-hydrogen) atoms. The summed E-state index contributed by atoms with van der Waals surface area (Å²) in [6.45, 7) is 1.97. The van der Waals surface area contributed by atoms with Crippen molar-refractivity contribution in [3.63, 3.8) is 0 Å². The van der Waals surface area contributed by atoms with E-state index in [2.05, 4.69) is 19.9 Å². The molecule has 2 rings (SSSR count). The number of esters is 2. The maximum absolute atomic E-state index is 12.2. The number of methoxy groups -OCH3 is 3. The summed E-state index contributed by atoms with van der Waals surface area (Å²) < 4.78 is 20.0. The third kappa shape index (κ3) is 6.73. The van der Waals surface area contributed by atoms with Crippen molar-refractivity contribution in [2.45, 2.75) is 6.92 Å². The number of nitrogens with one attached hydrogen (secondary N) is 1. The molecule has 10 nitrogen and oxygen atoms in total. The molecule has 0 atom stereocenters. The third-order valence-electron chi connectivity index (χ3n) is 4.02. The molecular weight excluding hydrogens is 420 g/mol. The Kier molecular flexibility index (Phi) is 9.03. The SMILES string of the molecule is CCOc1ccc(/C=N/OCC(=O)Nc2cc(C(=O)OC)cc(C(=O)OC)c2)cc1OC. The number of rotatable bonds is 10. The van der Waals surface area contributed by atoms with Crippen LogP contribution >= 0.6 is 0 Å². The second-order valence-electron chi connectivity index (χ2n) is 6.18. The van der Waals surface area contributed by atoms with Crippen molar-refractivity contribution in [2.75, 3.05) is 39.9 Å². The minimum Gasteiger partial charge on any atom is -0.493 e. The second-order valence-corrected chi connectivity index (χ2v) is 6.18. The highest BCUT2D eigenvalue weighted by Gasteiger charge is 2.15. The van der Waals surface area contributed by atoms with Crippen molar-refractivity contribution >= 4 is 29.7 Å². The molecule has 0 spiro atoms. The molecule has 1 amide bonds.